The molecule has 0 amide bonds. The molecule has 0 aromatic heterocycles. The number of benzene rings is 1. The molecule has 96 valence electrons. The van der Waals surface area contributed by atoms with E-state index in [2.05, 4.69) is 37.9 Å². The molecule has 0 aliphatic carbocycles. The van der Waals surface area contributed by atoms with Crippen molar-refractivity contribution in [1.29, 1.82) is 0 Å². The first-order chi connectivity index (χ1) is 7.98. The smallest absolute Gasteiger partial charge is 0.125 e. The van der Waals surface area contributed by atoms with E-state index in [0.29, 0.717) is 0 Å². The first-order valence-corrected chi connectivity index (χ1v) is 6.24. The van der Waals surface area contributed by atoms with Gasteiger partial charge in [-0.25, -0.2) is 4.39 Å². The predicted octanol–water partition coefficient (Wildman–Crippen LogP) is 3.04. The van der Waals surface area contributed by atoms with Gasteiger partial charge in [-0.05, 0) is 45.5 Å². The third-order valence-electron chi connectivity index (χ3n) is 2.80. The zero-order valence-corrected chi connectivity index (χ0v) is 11.3. The Hall–Kier alpha value is -1.09. The van der Waals surface area contributed by atoms with E-state index in [-0.39, 0.29) is 11.4 Å². The molecule has 2 nitrogen and oxygen atoms in total. The van der Waals surface area contributed by atoms with Gasteiger partial charge in [-0.15, -0.1) is 0 Å². The van der Waals surface area contributed by atoms with Crippen LogP contribution in [-0.4, -0.2) is 25.2 Å². The van der Waals surface area contributed by atoms with Crippen molar-refractivity contribution in [2.24, 2.45) is 0 Å². The number of hydrogen-bond acceptors (Lipinski definition) is 2. The number of likely N-dealkylation sites (N-methyl/N-ethyl adjacent to an activating group) is 2. The van der Waals surface area contributed by atoms with Crippen LogP contribution in [0.4, 0.5) is 10.1 Å². The number of rotatable bonds is 6. The predicted molar refractivity (Wildman–Crippen MR) is 72.0 cm³/mol. The summed E-state index contributed by atoms with van der Waals surface area (Å²) in [5.41, 5.74) is 0.968. The Balaban J connectivity index is 2.78. The minimum absolute atomic E-state index is 0.0249. The highest BCUT2D eigenvalue weighted by Crippen LogP contribution is 2.18. The van der Waals surface area contributed by atoms with Crippen LogP contribution in [-0.2, 0) is 0 Å². The summed E-state index contributed by atoms with van der Waals surface area (Å²) in [6.45, 7) is 11.2. The lowest BCUT2D eigenvalue weighted by Gasteiger charge is -2.34. The van der Waals surface area contributed by atoms with Gasteiger partial charge in [0.05, 0.1) is 0 Å². The van der Waals surface area contributed by atoms with Crippen molar-refractivity contribution in [2.45, 2.75) is 33.2 Å². The summed E-state index contributed by atoms with van der Waals surface area (Å²) in [4.78, 5) is 2.19. The molecular weight excluding hydrogens is 215 g/mol. The van der Waals surface area contributed by atoms with Gasteiger partial charge in [0.1, 0.15) is 5.82 Å². The normalized spacial score (nSPS) is 11.6. The van der Waals surface area contributed by atoms with E-state index in [0.717, 1.165) is 25.3 Å². The zero-order valence-electron chi connectivity index (χ0n) is 11.3. The van der Waals surface area contributed by atoms with Crippen molar-refractivity contribution in [2.75, 3.05) is 24.5 Å². The lowest BCUT2D eigenvalue weighted by Crippen LogP contribution is -2.49. The second kappa shape index (κ2) is 6.01. The first kappa shape index (κ1) is 14.0. The standard InChI is InChI=1S/C14H23FN2/c1-5-16-14(3,4)11-17(6-2)13-9-7-8-12(15)10-13/h7-10,16H,5-6,11H2,1-4H3. The summed E-state index contributed by atoms with van der Waals surface area (Å²) < 4.78 is 13.2. The summed E-state index contributed by atoms with van der Waals surface area (Å²) in [6.07, 6.45) is 0. The molecule has 17 heavy (non-hydrogen) atoms. The van der Waals surface area contributed by atoms with Gasteiger partial charge in [0, 0.05) is 24.3 Å². The molecule has 0 radical (unpaired) electrons. The summed E-state index contributed by atoms with van der Waals surface area (Å²) >= 11 is 0. The molecule has 1 N–H and O–H groups in total. The van der Waals surface area contributed by atoms with E-state index >= 15 is 0 Å². The fraction of sp³-hybridized carbons (Fsp3) is 0.571. The minimum Gasteiger partial charge on any atom is -0.370 e. The van der Waals surface area contributed by atoms with Gasteiger partial charge in [0.2, 0.25) is 0 Å². The Morgan fingerprint density at radius 1 is 1.29 bits per heavy atom. The summed E-state index contributed by atoms with van der Waals surface area (Å²) in [7, 11) is 0. The topological polar surface area (TPSA) is 15.3 Å². The molecule has 0 bridgehead atoms. The van der Waals surface area contributed by atoms with Crippen LogP contribution < -0.4 is 10.2 Å². The molecule has 0 saturated carbocycles. The van der Waals surface area contributed by atoms with Crippen LogP contribution in [0, 0.1) is 5.82 Å². The Labute approximate surface area is 104 Å². The third kappa shape index (κ3) is 4.35. The number of nitrogens with zero attached hydrogens (tertiary/aromatic N) is 1. The van der Waals surface area contributed by atoms with Crippen LogP contribution in [0.5, 0.6) is 0 Å². The monoisotopic (exact) mass is 238 g/mol. The van der Waals surface area contributed by atoms with Crippen molar-refractivity contribution < 1.29 is 4.39 Å². The molecule has 0 atom stereocenters. The van der Waals surface area contributed by atoms with Gasteiger partial charge in [0.15, 0.2) is 0 Å². The van der Waals surface area contributed by atoms with Gasteiger partial charge in [-0.2, -0.15) is 0 Å². The van der Waals surface area contributed by atoms with E-state index < -0.39 is 0 Å². The average Bonchev–Trinajstić information content (AvgIpc) is 2.26. The van der Waals surface area contributed by atoms with Crippen LogP contribution in [0.25, 0.3) is 0 Å². The van der Waals surface area contributed by atoms with Crippen molar-refractivity contribution in [3.63, 3.8) is 0 Å². The lowest BCUT2D eigenvalue weighted by molar-refractivity contribution is 0.398. The SMILES string of the molecule is CCNC(C)(C)CN(CC)c1cccc(F)c1. The van der Waals surface area contributed by atoms with E-state index in [1.54, 1.807) is 12.1 Å². The molecule has 0 saturated heterocycles. The Morgan fingerprint density at radius 2 is 2.00 bits per heavy atom. The minimum atomic E-state index is -0.179. The van der Waals surface area contributed by atoms with Crippen LogP contribution in [0.15, 0.2) is 24.3 Å². The highest BCUT2D eigenvalue weighted by atomic mass is 19.1. The van der Waals surface area contributed by atoms with Gasteiger partial charge in [-0.1, -0.05) is 13.0 Å². The molecule has 1 rings (SSSR count). The molecule has 0 aliphatic heterocycles. The largest absolute Gasteiger partial charge is 0.370 e. The maximum Gasteiger partial charge on any atom is 0.125 e. The van der Waals surface area contributed by atoms with Crippen molar-refractivity contribution in [1.82, 2.24) is 5.32 Å². The van der Waals surface area contributed by atoms with Crippen LogP contribution >= 0.6 is 0 Å². The van der Waals surface area contributed by atoms with Crippen molar-refractivity contribution in [3.05, 3.63) is 30.1 Å². The second-order valence-electron chi connectivity index (χ2n) is 4.91. The fourth-order valence-corrected chi connectivity index (χ4v) is 2.07. The Bertz CT molecular complexity index is 350. The molecule has 1 aromatic carbocycles. The average molecular weight is 238 g/mol. The second-order valence-corrected chi connectivity index (χ2v) is 4.91. The maximum atomic E-state index is 13.2. The lowest BCUT2D eigenvalue weighted by atomic mass is 10.0. The summed E-state index contributed by atoms with van der Waals surface area (Å²) in [5, 5.41) is 3.44. The van der Waals surface area contributed by atoms with Crippen molar-refractivity contribution in [3.8, 4) is 0 Å². The van der Waals surface area contributed by atoms with E-state index in [1.807, 2.05) is 6.07 Å². The van der Waals surface area contributed by atoms with Crippen molar-refractivity contribution >= 4 is 5.69 Å². The highest BCUT2D eigenvalue weighted by Gasteiger charge is 2.20. The number of halogens is 1. The van der Waals surface area contributed by atoms with Gasteiger partial charge < -0.3 is 10.2 Å². The molecular formula is C14H23FN2. The highest BCUT2D eigenvalue weighted by molar-refractivity contribution is 5.46. The summed E-state index contributed by atoms with van der Waals surface area (Å²) in [5.74, 6) is -0.179. The van der Waals surface area contributed by atoms with Gasteiger partial charge in [0.25, 0.3) is 0 Å². The zero-order chi connectivity index (χ0) is 12.9. The fourth-order valence-electron chi connectivity index (χ4n) is 2.07. The molecule has 1 aromatic rings. The molecule has 0 unspecified atom stereocenters. The molecule has 3 heteroatoms. The van der Waals surface area contributed by atoms with Gasteiger partial charge >= 0.3 is 0 Å². The van der Waals surface area contributed by atoms with E-state index in [9.17, 15) is 4.39 Å². The van der Waals surface area contributed by atoms with Gasteiger partial charge in [-0.3, -0.25) is 0 Å². The Morgan fingerprint density at radius 3 is 2.53 bits per heavy atom. The summed E-state index contributed by atoms with van der Waals surface area (Å²) in [6, 6.07) is 6.78. The Kier molecular flexibility index (Phi) is 4.94. The molecule has 0 heterocycles. The quantitative estimate of drug-likeness (QED) is 0.819. The molecule has 0 aliphatic rings. The van der Waals surface area contributed by atoms with E-state index in [4.69, 9.17) is 0 Å². The number of hydrogen-bond donors (Lipinski definition) is 1. The molecule has 0 fully saturated rings. The van der Waals surface area contributed by atoms with Crippen LogP contribution in [0.1, 0.15) is 27.7 Å². The van der Waals surface area contributed by atoms with Crippen LogP contribution in [0.3, 0.4) is 0 Å². The third-order valence-corrected chi connectivity index (χ3v) is 2.80. The van der Waals surface area contributed by atoms with Crippen LogP contribution in [0.2, 0.25) is 0 Å². The first-order valence-electron chi connectivity index (χ1n) is 6.24. The molecule has 0 spiro atoms. The maximum absolute atomic E-state index is 13.2. The van der Waals surface area contributed by atoms with E-state index in [1.165, 1.54) is 6.07 Å². The number of nitrogens with one attached hydrogen (secondary N) is 1. The number of anilines is 1.